The summed E-state index contributed by atoms with van der Waals surface area (Å²) < 4.78 is 14.0. The first-order chi connectivity index (χ1) is 12.2. The van der Waals surface area contributed by atoms with E-state index in [0.29, 0.717) is 0 Å². The molecule has 1 aromatic heterocycles. The molecule has 4 nitrogen and oxygen atoms in total. The quantitative estimate of drug-likeness (QED) is 0.545. The van der Waals surface area contributed by atoms with Crippen LogP contribution in [0, 0.1) is 6.92 Å². The van der Waals surface area contributed by atoms with Crippen molar-refractivity contribution in [2.75, 3.05) is 11.9 Å². The van der Waals surface area contributed by atoms with Crippen LogP contribution < -0.4 is 24.2 Å². The van der Waals surface area contributed by atoms with Gasteiger partial charge in [-0.05, 0) is 31.2 Å². The van der Waals surface area contributed by atoms with E-state index in [9.17, 15) is 0 Å². The monoisotopic (exact) mass is 331 g/mol. The first kappa shape index (κ1) is 15.6. The minimum atomic E-state index is -0.212. The third kappa shape index (κ3) is 2.52. The van der Waals surface area contributed by atoms with E-state index in [1.807, 2.05) is 55.7 Å². The lowest BCUT2D eigenvalue weighted by Crippen LogP contribution is -2.49. The summed E-state index contributed by atoms with van der Waals surface area (Å²) in [5.41, 5.74) is 3.28. The first-order valence-electron chi connectivity index (χ1n) is 8.34. The van der Waals surface area contributed by atoms with E-state index >= 15 is 0 Å². The van der Waals surface area contributed by atoms with E-state index in [2.05, 4.69) is 34.5 Å². The van der Waals surface area contributed by atoms with Crippen molar-refractivity contribution in [1.82, 2.24) is 0 Å². The Kier molecular flexibility index (Phi) is 3.84. The number of nitrogens with zero attached hydrogens (tertiary/aromatic N) is 2. The van der Waals surface area contributed by atoms with Crippen LogP contribution in [0.1, 0.15) is 5.56 Å². The van der Waals surface area contributed by atoms with Gasteiger partial charge < -0.3 is 9.39 Å². The van der Waals surface area contributed by atoms with Crippen molar-refractivity contribution in [1.29, 1.82) is 0 Å². The van der Waals surface area contributed by atoms with Crippen LogP contribution in [-0.2, 0) is 7.05 Å². The van der Waals surface area contributed by atoms with Gasteiger partial charge in [0.2, 0.25) is 0 Å². The standard InChI is InChI=1S/C20H20BN2O2/c1-15-17(11-7-12-18(15)24-3)23-20-19(13-8-14-22(20)2)25-21(23)16-9-5-4-6-10-16/h4-14H,1-3H3/q+1. The number of aryl methyl sites for hydroxylation is 1. The van der Waals surface area contributed by atoms with E-state index in [1.165, 1.54) is 0 Å². The Balaban J connectivity index is 1.92. The molecule has 5 heteroatoms. The molecule has 0 amide bonds. The zero-order chi connectivity index (χ0) is 17.4. The highest BCUT2D eigenvalue weighted by Crippen LogP contribution is 2.40. The number of fused-ring (bicyclic) bond motifs is 1. The summed E-state index contributed by atoms with van der Waals surface area (Å²) in [5, 5.41) is 0. The van der Waals surface area contributed by atoms with Crippen LogP contribution in [0.4, 0.5) is 11.5 Å². The van der Waals surface area contributed by atoms with Crippen molar-refractivity contribution in [3.8, 4) is 11.5 Å². The number of anilines is 2. The molecule has 0 saturated heterocycles. The zero-order valence-corrected chi connectivity index (χ0v) is 14.6. The molecular formula is C20H20BN2O2+. The fourth-order valence-corrected chi connectivity index (χ4v) is 3.40. The molecule has 0 radical (unpaired) electrons. The SMILES string of the molecule is COc1cccc(N2B(c3ccccc3)Oc3ccc[n+](C)c32)c1C. The second kappa shape index (κ2) is 6.17. The Hall–Kier alpha value is -2.95. The molecule has 0 bridgehead atoms. The van der Waals surface area contributed by atoms with Gasteiger partial charge in [0.05, 0.1) is 20.4 Å². The summed E-state index contributed by atoms with van der Waals surface area (Å²) in [6, 6.07) is 20.4. The lowest BCUT2D eigenvalue weighted by atomic mass is 9.71. The molecule has 0 N–H and O–H groups in total. The Labute approximate surface area is 148 Å². The first-order valence-corrected chi connectivity index (χ1v) is 8.34. The molecule has 0 aliphatic carbocycles. The molecule has 2 heterocycles. The number of rotatable bonds is 3. The Morgan fingerprint density at radius 3 is 2.56 bits per heavy atom. The van der Waals surface area contributed by atoms with Crippen LogP contribution in [0.2, 0.25) is 0 Å². The molecule has 4 rings (SSSR count). The predicted octanol–water partition coefficient (Wildman–Crippen LogP) is 2.75. The van der Waals surface area contributed by atoms with Gasteiger partial charge >= 0.3 is 12.9 Å². The van der Waals surface area contributed by atoms with Crippen molar-refractivity contribution in [2.24, 2.45) is 7.05 Å². The molecular weight excluding hydrogens is 311 g/mol. The Morgan fingerprint density at radius 1 is 1.00 bits per heavy atom. The van der Waals surface area contributed by atoms with Crippen LogP contribution in [0.3, 0.4) is 0 Å². The average Bonchev–Trinajstić information content (AvgIpc) is 3.03. The van der Waals surface area contributed by atoms with Crippen molar-refractivity contribution in [2.45, 2.75) is 6.92 Å². The van der Waals surface area contributed by atoms with E-state index in [4.69, 9.17) is 9.39 Å². The van der Waals surface area contributed by atoms with Gasteiger partial charge in [-0.1, -0.05) is 36.4 Å². The second-order valence-corrected chi connectivity index (χ2v) is 6.16. The van der Waals surface area contributed by atoms with E-state index < -0.39 is 0 Å². The van der Waals surface area contributed by atoms with Gasteiger partial charge in [-0.2, -0.15) is 0 Å². The normalized spacial score (nSPS) is 12.8. The molecule has 0 atom stereocenters. The molecule has 1 aliphatic heterocycles. The van der Waals surface area contributed by atoms with Gasteiger partial charge in [-0.3, -0.25) is 0 Å². The number of hydrogen-bond donors (Lipinski definition) is 0. The number of pyridine rings is 1. The number of hydrogen-bond acceptors (Lipinski definition) is 3. The van der Waals surface area contributed by atoms with Crippen molar-refractivity contribution < 1.29 is 14.0 Å². The van der Waals surface area contributed by atoms with Gasteiger partial charge in [-0.25, -0.2) is 9.38 Å². The molecule has 0 unspecified atom stereocenters. The van der Waals surface area contributed by atoms with Gasteiger partial charge in [0.25, 0.3) is 0 Å². The molecule has 0 fully saturated rings. The molecule has 3 aromatic rings. The number of ether oxygens (including phenoxy) is 1. The lowest BCUT2D eigenvalue weighted by molar-refractivity contribution is -0.657. The fourth-order valence-electron chi connectivity index (χ4n) is 3.40. The largest absolute Gasteiger partial charge is 0.647 e. The van der Waals surface area contributed by atoms with Gasteiger partial charge in [-0.15, -0.1) is 0 Å². The molecule has 0 saturated carbocycles. The highest BCUT2D eigenvalue weighted by Gasteiger charge is 2.50. The second-order valence-electron chi connectivity index (χ2n) is 6.16. The summed E-state index contributed by atoms with van der Waals surface area (Å²) in [6.45, 7) is 2.08. The van der Waals surface area contributed by atoms with Crippen molar-refractivity contribution >= 4 is 24.0 Å². The highest BCUT2D eigenvalue weighted by molar-refractivity contribution is 6.74. The van der Waals surface area contributed by atoms with Crippen LogP contribution in [-0.4, -0.2) is 14.2 Å². The van der Waals surface area contributed by atoms with Crippen LogP contribution in [0.25, 0.3) is 0 Å². The van der Waals surface area contributed by atoms with Crippen LogP contribution >= 0.6 is 0 Å². The van der Waals surface area contributed by atoms with Gasteiger partial charge in [0, 0.05) is 11.0 Å². The molecule has 0 spiro atoms. The maximum absolute atomic E-state index is 6.33. The third-order valence-electron chi connectivity index (χ3n) is 4.63. The summed E-state index contributed by atoms with van der Waals surface area (Å²) in [4.78, 5) is 2.24. The Morgan fingerprint density at radius 2 is 1.80 bits per heavy atom. The van der Waals surface area contributed by atoms with Gasteiger partial charge in [0.15, 0.2) is 5.75 Å². The molecule has 25 heavy (non-hydrogen) atoms. The number of methoxy groups -OCH3 is 1. The summed E-state index contributed by atoms with van der Waals surface area (Å²) in [6.07, 6.45) is 2.04. The van der Waals surface area contributed by atoms with Crippen molar-refractivity contribution in [3.63, 3.8) is 0 Å². The topological polar surface area (TPSA) is 25.6 Å². The van der Waals surface area contributed by atoms with E-state index in [0.717, 1.165) is 34.0 Å². The minimum Gasteiger partial charge on any atom is -0.512 e. The Bertz CT molecular complexity index is 915. The van der Waals surface area contributed by atoms with Gasteiger partial charge in [0.1, 0.15) is 11.4 Å². The van der Waals surface area contributed by atoms with Crippen molar-refractivity contribution in [3.05, 3.63) is 72.4 Å². The lowest BCUT2D eigenvalue weighted by Gasteiger charge is -2.19. The van der Waals surface area contributed by atoms with Crippen LogP contribution in [0.5, 0.6) is 11.5 Å². The smallest absolute Gasteiger partial charge is 0.512 e. The van der Waals surface area contributed by atoms with Crippen LogP contribution in [0.15, 0.2) is 66.9 Å². The predicted molar refractivity (Wildman–Crippen MR) is 99.9 cm³/mol. The molecule has 124 valence electrons. The highest BCUT2D eigenvalue weighted by atomic mass is 16.5. The summed E-state index contributed by atoms with van der Waals surface area (Å²) in [7, 11) is 3.53. The molecule has 1 aliphatic rings. The average molecular weight is 331 g/mol. The zero-order valence-electron chi connectivity index (χ0n) is 14.6. The molecule has 2 aromatic carbocycles. The fraction of sp³-hybridized carbons (Fsp3) is 0.150. The van der Waals surface area contributed by atoms with E-state index in [-0.39, 0.29) is 7.05 Å². The maximum Gasteiger partial charge on any atom is 0.647 e. The van der Waals surface area contributed by atoms with E-state index in [1.54, 1.807) is 7.11 Å². The number of aromatic nitrogens is 1. The maximum atomic E-state index is 6.33. The summed E-state index contributed by atoms with van der Waals surface area (Å²) in [5.74, 6) is 2.78. The third-order valence-corrected chi connectivity index (χ3v) is 4.63. The summed E-state index contributed by atoms with van der Waals surface area (Å²) >= 11 is 0. The number of benzene rings is 2. The minimum absolute atomic E-state index is 0.212.